The SMILES string of the molecule is CC(Br)C1[CH]CC[CH]C1. The van der Waals surface area contributed by atoms with E-state index in [0.29, 0.717) is 4.83 Å². The smallest absolute Gasteiger partial charge is 0.0148 e. The molecule has 1 fully saturated rings. The molecule has 9 heavy (non-hydrogen) atoms. The predicted octanol–water partition coefficient (Wildman–Crippen LogP) is 2.98. The number of hydrogen-bond donors (Lipinski definition) is 0. The molecule has 1 rings (SSSR count). The second-order valence-electron chi connectivity index (χ2n) is 2.68. The van der Waals surface area contributed by atoms with E-state index in [2.05, 4.69) is 35.7 Å². The lowest BCUT2D eigenvalue weighted by Gasteiger charge is -2.22. The van der Waals surface area contributed by atoms with Crippen LogP contribution in [0, 0.1) is 18.8 Å². The Hall–Kier alpha value is 0.480. The molecule has 0 spiro atoms. The largest absolute Gasteiger partial charge is 0.0891 e. The molecule has 0 aromatic rings. The molecule has 2 atom stereocenters. The van der Waals surface area contributed by atoms with E-state index in [1.807, 2.05) is 0 Å². The van der Waals surface area contributed by atoms with E-state index < -0.39 is 0 Å². The first-order valence-electron chi connectivity index (χ1n) is 3.60. The second kappa shape index (κ2) is 3.60. The Morgan fingerprint density at radius 2 is 2.33 bits per heavy atom. The third kappa shape index (κ3) is 2.29. The summed E-state index contributed by atoms with van der Waals surface area (Å²) in [5.41, 5.74) is 0. The Labute approximate surface area is 66.2 Å². The van der Waals surface area contributed by atoms with E-state index >= 15 is 0 Å². The standard InChI is InChI=1S/C8H13Br/c1-7(9)8-5-3-2-4-6-8/h3,6-8H,2,4-5H2,1H3. The van der Waals surface area contributed by atoms with Crippen LogP contribution in [0.4, 0.5) is 0 Å². The molecule has 1 heteroatoms. The van der Waals surface area contributed by atoms with Gasteiger partial charge in [-0.3, -0.25) is 0 Å². The lowest BCUT2D eigenvalue weighted by atomic mass is 9.88. The van der Waals surface area contributed by atoms with Gasteiger partial charge in [-0.2, -0.15) is 0 Å². The fourth-order valence-electron chi connectivity index (χ4n) is 1.21. The van der Waals surface area contributed by atoms with Crippen molar-refractivity contribution in [3.63, 3.8) is 0 Å². The lowest BCUT2D eigenvalue weighted by Crippen LogP contribution is -2.15. The minimum atomic E-state index is 0.661. The number of alkyl halides is 1. The molecular formula is C8H13Br. The summed E-state index contributed by atoms with van der Waals surface area (Å²) in [6.07, 6.45) is 8.66. The number of hydrogen-bond acceptors (Lipinski definition) is 0. The van der Waals surface area contributed by atoms with Gasteiger partial charge in [0.2, 0.25) is 0 Å². The van der Waals surface area contributed by atoms with Gasteiger partial charge in [-0.25, -0.2) is 0 Å². The van der Waals surface area contributed by atoms with Crippen molar-refractivity contribution in [1.29, 1.82) is 0 Å². The van der Waals surface area contributed by atoms with Crippen molar-refractivity contribution < 1.29 is 0 Å². The maximum absolute atomic E-state index is 3.58. The average molecular weight is 189 g/mol. The average Bonchev–Trinajstić information content (AvgIpc) is 1.90. The van der Waals surface area contributed by atoms with Crippen LogP contribution in [0.25, 0.3) is 0 Å². The van der Waals surface area contributed by atoms with Gasteiger partial charge in [-0.05, 0) is 38.0 Å². The van der Waals surface area contributed by atoms with Gasteiger partial charge in [0.05, 0.1) is 0 Å². The monoisotopic (exact) mass is 188 g/mol. The number of rotatable bonds is 1. The van der Waals surface area contributed by atoms with Gasteiger partial charge in [0.1, 0.15) is 0 Å². The van der Waals surface area contributed by atoms with Crippen LogP contribution in [0.1, 0.15) is 26.2 Å². The molecule has 0 N–H and O–H groups in total. The lowest BCUT2D eigenvalue weighted by molar-refractivity contribution is 0.517. The van der Waals surface area contributed by atoms with Gasteiger partial charge in [-0.1, -0.05) is 22.9 Å². The molecule has 0 nitrogen and oxygen atoms in total. The zero-order valence-electron chi connectivity index (χ0n) is 5.81. The third-order valence-corrected chi connectivity index (χ3v) is 2.55. The van der Waals surface area contributed by atoms with Crippen LogP contribution in [0.2, 0.25) is 0 Å². The first-order valence-corrected chi connectivity index (χ1v) is 4.51. The van der Waals surface area contributed by atoms with Crippen molar-refractivity contribution in [2.24, 2.45) is 5.92 Å². The first-order chi connectivity index (χ1) is 4.30. The van der Waals surface area contributed by atoms with Crippen LogP contribution in [0.15, 0.2) is 0 Å². The molecule has 0 heterocycles. The molecule has 0 aromatic heterocycles. The topological polar surface area (TPSA) is 0 Å². The molecule has 0 saturated heterocycles. The highest BCUT2D eigenvalue weighted by Gasteiger charge is 2.17. The molecule has 1 saturated carbocycles. The fraction of sp³-hybridized carbons (Fsp3) is 0.750. The van der Waals surface area contributed by atoms with Crippen molar-refractivity contribution in [1.82, 2.24) is 0 Å². The van der Waals surface area contributed by atoms with Crippen LogP contribution in [0.5, 0.6) is 0 Å². The summed E-state index contributed by atoms with van der Waals surface area (Å²) in [5, 5.41) is 0. The molecule has 52 valence electrons. The quantitative estimate of drug-likeness (QED) is 0.556. The predicted molar refractivity (Wildman–Crippen MR) is 44.3 cm³/mol. The molecule has 0 amide bonds. The highest BCUT2D eigenvalue weighted by molar-refractivity contribution is 9.09. The van der Waals surface area contributed by atoms with E-state index in [0.717, 1.165) is 5.92 Å². The zero-order chi connectivity index (χ0) is 6.69. The van der Waals surface area contributed by atoms with E-state index in [1.165, 1.54) is 19.3 Å². The molecule has 2 unspecified atom stereocenters. The fourth-order valence-corrected chi connectivity index (χ4v) is 1.64. The maximum atomic E-state index is 3.58. The normalized spacial score (nSPS) is 26.0. The summed E-state index contributed by atoms with van der Waals surface area (Å²) >= 11 is 3.58. The Balaban J connectivity index is 2.23. The van der Waals surface area contributed by atoms with Crippen LogP contribution >= 0.6 is 15.9 Å². The molecular weight excluding hydrogens is 176 g/mol. The van der Waals surface area contributed by atoms with E-state index in [9.17, 15) is 0 Å². The van der Waals surface area contributed by atoms with E-state index in [4.69, 9.17) is 0 Å². The zero-order valence-corrected chi connectivity index (χ0v) is 7.39. The van der Waals surface area contributed by atoms with Gasteiger partial charge >= 0.3 is 0 Å². The van der Waals surface area contributed by atoms with Crippen molar-refractivity contribution in [3.8, 4) is 0 Å². The first kappa shape index (κ1) is 7.59. The molecule has 0 aliphatic heterocycles. The second-order valence-corrected chi connectivity index (χ2v) is 4.12. The van der Waals surface area contributed by atoms with E-state index in [-0.39, 0.29) is 0 Å². The summed E-state index contributed by atoms with van der Waals surface area (Å²) < 4.78 is 0. The molecule has 1 aliphatic rings. The van der Waals surface area contributed by atoms with Crippen molar-refractivity contribution in [2.45, 2.75) is 31.0 Å². The third-order valence-electron chi connectivity index (χ3n) is 1.87. The Bertz CT molecular complexity index is 72.6. The summed E-state index contributed by atoms with van der Waals surface area (Å²) in [6, 6.07) is 0. The summed E-state index contributed by atoms with van der Waals surface area (Å²) in [6.45, 7) is 2.22. The molecule has 2 radical (unpaired) electrons. The van der Waals surface area contributed by atoms with Crippen LogP contribution < -0.4 is 0 Å². The summed E-state index contributed by atoms with van der Waals surface area (Å²) in [4.78, 5) is 0.661. The highest BCUT2D eigenvalue weighted by atomic mass is 79.9. The highest BCUT2D eigenvalue weighted by Crippen LogP contribution is 2.27. The van der Waals surface area contributed by atoms with E-state index in [1.54, 1.807) is 0 Å². The van der Waals surface area contributed by atoms with Crippen LogP contribution in [-0.4, -0.2) is 4.83 Å². The van der Waals surface area contributed by atoms with Crippen molar-refractivity contribution >= 4 is 15.9 Å². The van der Waals surface area contributed by atoms with Crippen molar-refractivity contribution in [2.75, 3.05) is 0 Å². The minimum absolute atomic E-state index is 0.661. The maximum Gasteiger partial charge on any atom is 0.0148 e. The minimum Gasteiger partial charge on any atom is -0.0891 e. The molecule has 1 aliphatic carbocycles. The van der Waals surface area contributed by atoms with Gasteiger partial charge in [0, 0.05) is 4.83 Å². The Morgan fingerprint density at radius 3 is 2.67 bits per heavy atom. The molecule has 0 bridgehead atoms. The van der Waals surface area contributed by atoms with Crippen LogP contribution in [0.3, 0.4) is 0 Å². The van der Waals surface area contributed by atoms with Crippen LogP contribution in [-0.2, 0) is 0 Å². The van der Waals surface area contributed by atoms with Gasteiger partial charge in [-0.15, -0.1) is 0 Å². The Morgan fingerprint density at radius 1 is 1.56 bits per heavy atom. The summed E-state index contributed by atoms with van der Waals surface area (Å²) in [5.74, 6) is 0.791. The number of halogens is 1. The van der Waals surface area contributed by atoms with Gasteiger partial charge < -0.3 is 0 Å². The molecule has 0 aromatic carbocycles. The van der Waals surface area contributed by atoms with Gasteiger partial charge in [0.25, 0.3) is 0 Å². The summed E-state index contributed by atoms with van der Waals surface area (Å²) in [7, 11) is 0. The Kier molecular flexibility index (Phi) is 3.03. The van der Waals surface area contributed by atoms with Crippen molar-refractivity contribution in [3.05, 3.63) is 12.8 Å². The van der Waals surface area contributed by atoms with Gasteiger partial charge in [0.15, 0.2) is 0 Å².